The van der Waals surface area contributed by atoms with Crippen molar-refractivity contribution in [2.45, 2.75) is 57.5 Å². The highest BCUT2D eigenvalue weighted by Crippen LogP contribution is 2.22. The van der Waals surface area contributed by atoms with E-state index in [4.69, 9.17) is 4.98 Å². The molecule has 1 aliphatic carbocycles. The van der Waals surface area contributed by atoms with Crippen molar-refractivity contribution < 1.29 is 4.79 Å². The number of benzene rings is 1. The molecule has 5 nitrogen and oxygen atoms in total. The van der Waals surface area contributed by atoms with Crippen LogP contribution in [0.3, 0.4) is 0 Å². The van der Waals surface area contributed by atoms with Crippen molar-refractivity contribution in [3.05, 3.63) is 30.1 Å². The summed E-state index contributed by atoms with van der Waals surface area (Å²) in [7, 11) is 2.09. The highest BCUT2D eigenvalue weighted by atomic mass is 16.2. The molecule has 0 radical (unpaired) electrons. The van der Waals surface area contributed by atoms with Crippen molar-refractivity contribution in [1.29, 1.82) is 0 Å². The summed E-state index contributed by atoms with van der Waals surface area (Å²) in [5.41, 5.74) is 2.22. The van der Waals surface area contributed by atoms with Crippen molar-refractivity contribution in [2.75, 3.05) is 13.1 Å². The third-order valence-corrected chi connectivity index (χ3v) is 6.07. The zero-order chi connectivity index (χ0) is 17.9. The molecule has 1 N–H and O–H groups in total. The lowest BCUT2D eigenvalue weighted by atomic mass is 9.93. The lowest BCUT2D eigenvalue weighted by Crippen LogP contribution is -2.46. The largest absolute Gasteiger partial charge is 0.353 e. The fourth-order valence-corrected chi connectivity index (χ4v) is 4.52. The lowest BCUT2D eigenvalue weighted by Gasteiger charge is -2.33. The number of likely N-dealkylation sites (tertiary alicyclic amines) is 1. The van der Waals surface area contributed by atoms with Crippen LogP contribution in [0.2, 0.25) is 0 Å². The van der Waals surface area contributed by atoms with Crippen LogP contribution >= 0.6 is 0 Å². The molecule has 1 aliphatic heterocycles. The maximum Gasteiger partial charge on any atom is 0.224 e. The zero-order valence-electron chi connectivity index (χ0n) is 15.8. The minimum absolute atomic E-state index is 0.125. The Bertz CT molecular complexity index is 762. The molecule has 2 aliphatic rings. The van der Waals surface area contributed by atoms with E-state index in [2.05, 4.69) is 40.0 Å². The van der Waals surface area contributed by atoms with Gasteiger partial charge >= 0.3 is 0 Å². The van der Waals surface area contributed by atoms with Gasteiger partial charge in [-0.2, -0.15) is 0 Å². The van der Waals surface area contributed by atoms with Gasteiger partial charge in [-0.05, 0) is 44.4 Å². The molecule has 1 aromatic carbocycles. The highest BCUT2D eigenvalue weighted by molar-refractivity contribution is 5.79. The number of aryl methyl sites for hydroxylation is 1. The molecule has 26 heavy (non-hydrogen) atoms. The van der Waals surface area contributed by atoms with Gasteiger partial charge in [0.25, 0.3) is 0 Å². The van der Waals surface area contributed by atoms with Crippen LogP contribution in [0.4, 0.5) is 0 Å². The molecule has 1 saturated heterocycles. The summed E-state index contributed by atoms with van der Waals surface area (Å²) in [6.07, 6.45) is 8.25. The van der Waals surface area contributed by atoms with E-state index in [-0.39, 0.29) is 11.8 Å². The van der Waals surface area contributed by atoms with Crippen molar-refractivity contribution >= 4 is 16.9 Å². The maximum atomic E-state index is 12.7. The number of fused-ring (bicyclic) bond motifs is 1. The summed E-state index contributed by atoms with van der Waals surface area (Å²) in [6.45, 7) is 2.72. The highest BCUT2D eigenvalue weighted by Gasteiger charge is 2.28. The Balaban J connectivity index is 1.38. The second-order valence-electron chi connectivity index (χ2n) is 7.99. The van der Waals surface area contributed by atoms with E-state index < -0.39 is 0 Å². The first kappa shape index (κ1) is 17.5. The van der Waals surface area contributed by atoms with E-state index >= 15 is 0 Å². The lowest BCUT2D eigenvalue weighted by molar-refractivity contribution is -0.127. The van der Waals surface area contributed by atoms with Crippen LogP contribution in [-0.2, 0) is 18.4 Å². The number of amides is 1. The van der Waals surface area contributed by atoms with Crippen LogP contribution in [0.25, 0.3) is 11.0 Å². The van der Waals surface area contributed by atoms with Gasteiger partial charge in [-0.15, -0.1) is 0 Å². The standard InChI is InChI=1S/C21H30N4O/c1-24-19-12-6-5-11-18(19)23-20(24)15-25-13-7-8-16(14-25)21(26)22-17-9-3-2-4-10-17/h5-6,11-12,16-17H,2-4,7-10,13-15H2,1H3,(H,22,26)/t16-/m0/s1. The molecule has 0 bridgehead atoms. The zero-order valence-corrected chi connectivity index (χ0v) is 15.8. The second kappa shape index (κ2) is 7.78. The fourth-order valence-electron chi connectivity index (χ4n) is 4.52. The van der Waals surface area contributed by atoms with Crippen molar-refractivity contribution in [3.63, 3.8) is 0 Å². The predicted molar refractivity (Wildman–Crippen MR) is 104 cm³/mol. The molecular weight excluding hydrogens is 324 g/mol. The Kier molecular flexibility index (Phi) is 5.25. The smallest absolute Gasteiger partial charge is 0.224 e. The molecule has 2 aromatic rings. The molecule has 140 valence electrons. The van der Waals surface area contributed by atoms with Crippen molar-refractivity contribution in [2.24, 2.45) is 13.0 Å². The maximum absolute atomic E-state index is 12.7. The second-order valence-corrected chi connectivity index (χ2v) is 7.99. The first-order valence-electron chi connectivity index (χ1n) is 10.1. The number of carbonyl (C=O) groups is 1. The van der Waals surface area contributed by atoms with Crippen LogP contribution in [0.15, 0.2) is 24.3 Å². The third-order valence-electron chi connectivity index (χ3n) is 6.07. The summed E-state index contributed by atoms with van der Waals surface area (Å²) in [5.74, 6) is 1.48. The number of rotatable bonds is 4. The number of piperidine rings is 1. The van der Waals surface area contributed by atoms with Gasteiger partial charge in [-0.25, -0.2) is 4.98 Å². The van der Waals surface area contributed by atoms with Gasteiger partial charge in [0, 0.05) is 19.6 Å². The number of nitrogens with one attached hydrogen (secondary N) is 1. The number of carbonyl (C=O) groups excluding carboxylic acids is 1. The van der Waals surface area contributed by atoms with E-state index in [1.807, 2.05) is 6.07 Å². The van der Waals surface area contributed by atoms with Gasteiger partial charge in [-0.1, -0.05) is 31.4 Å². The van der Waals surface area contributed by atoms with E-state index in [9.17, 15) is 4.79 Å². The average Bonchev–Trinajstić information content (AvgIpc) is 2.99. The minimum Gasteiger partial charge on any atom is -0.353 e. The Morgan fingerprint density at radius 2 is 1.96 bits per heavy atom. The Labute approximate surface area is 155 Å². The quantitative estimate of drug-likeness (QED) is 0.917. The molecule has 1 atom stereocenters. The van der Waals surface area contributed by atoms with E-state index in [0.717, 1.165) is 56.7 Å². The molecular formula is C21H30N4O. The van der Waals surface area contributed by atoms with Gasteiger partial charge in [0.15, 0.2) is 0 Å². The van der Waals surface area contributed by atoms with Crippen LogP contribution < -0.4 is 5.32 Å². The van der Waals surface area contributed by atoms with Crippen molar-refractivity contribution in [3.8, 4) is 0 Å². The molecule has 2 fully saturated rings. The van der Waals surface area contributed by atoms with Crippen LogP contribution in [0.5, 0.6) is 0 Å². The normalized spacial score (nSPS) is 22.6. The topological polar surface area (TPSA) is 50.2 Å². The fraction of sp³-hybridized carbons (Fsp3) is 0.619. The van der Waals surface area contributed by atoms with E-state index in [0.29, 0.717) is 6.04 Å². The molecule has 1 amide bonds. The number of hydrogen-bond donors (Lipinski definition) is 1. The SMILES string of the molecule is Cn1c(CN2CCC[C@H](C(=O)NC3CCCCC3)C2)nc2ccccc21. The number of nitrogens with zero attached hydrogens (tertiary/aromatic N) is 3. The van der Waals surface area contributed by atoms with E-state index in [1.165, 1.54) is 24.8 Å². The first-order chi connectivity index (χ1) is 12.7. The molecule has 1 aromatic heterocycles. The Morgan fingerprint density at radius 3 is 2.77 bits per heavy atom. The number of hydrogen-bond acceptors (Lipinski definition) is 3. The van der Waals surface area contributed by atoms with Crippen LogP contribution in [-0.4, -0.2) is 39.5 Å². The first-order valence-corrected chi connectivity index (χ1v) is 10.1. The number of aromatic nitrogens is 2. The van der Waals surface area contributed by atoms with Crippen LogP contribution in [0.1, 0.15) is 50.8 Å². The van der Waals surface area contributed by atoms with E-state index in [1.54, 1.807) is 0 Å². The average molecular weight is 354 g/mol. The molecule has 1 saturated carbocycles. The molecule has 2 heterocycles. The summed E-state index contributed by atoms with van der Waals surface area (Å²) >= 11 is 0. The summed E-state index contributed by atoms with van der Waals surface area (Å²) in [4.78, 5) is 19.9. The summed E-state index contributed by atoms with van der Waals surface area (Å²) in [5, 5.41) is 3.32. The molecule has 0 unspecified atom stereocenters. The van der Waals surface area contributed by atoms with Crippen molar-refractivity contribution in [1.82, 2.24) is 19.8 Å². The van der Waals surface area contributed by atoms with Crippen LogP contribution in [0, 0.1) is 5.92 Å². The number of para-hydroxylation sites is 2. The predicted octanol–water partition coefficient (Wildman–Crippen LogP) is 3.23. The number of imidazole rings is 1. The monoisotopic (exact) mass is 354 g/mol. The Morgan fingerprint density at radius 1 is 1.15 bits per heavy atom. The summed E-state index contributed by atoms with van der Waals surface area (Å²) < 4.78 is 2.18. The van der Waals surface area contributed by atoms with Gasteiger partial charge in [0.05, 0.1) is 23.5 Å². The summed E-state index contributed by atoms with van der Waals surface area (Å²) in [6, 6.07) is 8.68. The Hall–Kier alpha value is -1.88. The third kappa shape index (κ3) is 3.78. The molecule has 4 rings (SSSR count). The van der Waals surface area contributed by atoms with Gasteiger partial charge in [0.1, 0.15) is 5.82 Å². The van der Waals surface area contributed by atoms with Gasteiger partial charge in [0.2, 0.25) is 5.91 Å². The molecule has 5 heteroatoms. The molecule has 0 spiro atoms. The minimum atomic E-state index is 0.125. The van der Waals surface area contributed by atoms with Gasteiger partial charge < -0.3 is 9.88 Å². The van der Waals surface area contributed by atoms with Gasteiger partial charge in [-0.3, -0.25) is 9.69 Å².